The largest absolute Gasteiger partial charge is 0.476 e. The third-order valence-electron chi connectivity index (χ3n) is 7.13. The van der Waals surface area contributed by atoms with Crippen molar-refractivity contribution in [3.63, 3.8) is 0 Å². The molecule has 0 aliphatic carbocycles. The van der Waals surface area contributed by atoms with Crippen molar-refractivity contribution in [2.45, 2.75) is 71.7 Å². The zero-order valence-corrected chi connectivity index (χ0v) is 26.9. The number of nitrogens with one attached hydrogen (secondary N) is 1. The summed E-state index contributed by atoms with van der Waals surface area (Å²) in [4.78, 5) is 32.6. The molecule has 43 heavy (non-hydrogen) atoms. The van der Waals surface area contributed by atoms with Crippen molar-refractivity contribution >= 4 is 28.2 Å². The van der Waals surface area contributed by atoms with Crippen molar-refractivity contribution in [1.29, 1.82) is 0 Å². The lowest BCUT2D eigenvalue weighted by atomic mass is 10.00. The topological polar surface area (TPSA) is 122 Å². The van der Waals surface area contributed by atoms with Gasteiger partial charge in [0.05, 0.1) is 16.6 Å². The smallest absolute Gasteiger partial charge is 0.264 e. The predicted molar refractivity (Wildman–Crippen MR) is 168 cm³/mol. The van der Waals surface area contributed by atoms with E-state index < -0.39 is 10.0 Å². The summed E-state index contributed by atoms with van der Waals surface area (Å²) in [5.74, 6) is 0.321. The van der Waals surface area contributed by atoms with E-state index in [9.17, 15) is 18.0 Å². The first-order valence-corrected chi connectivity index (χ1v) is 16.0. The summed E-state index contributed by atoms with van der Waals surface area (Å²) >= 11 is 0. The Morgan fingerprint density at radius 1 is 1.07 bits per heavy atom. The molecule has 232 valence electrons. The number of amides is 1. The minimum Gasteiger partial charge on any atom is -0.476 e. The van der Waals surface area contributed by atoms with Gasteiger partial charge in [0, 0.05) is 37.7 Å². The van der Waals surface area contributed by atoms with Gasteiger partial charge in [-0.3, -0.25) is 14.6 Å². The fourth-order valence-corrected chi connectivity index (χ4v) is 5.92. The van der Waals surface area contributed by atoms with Gasteiger partial charge in [0.1, 0.15) is 12.9 Å². The highest BCUT2D eigenvalue weighted by molar-refractivity contribution is 7.92. The molecule has 1 heterocycles. The van der Waals surface area contributed by atoms with E-state index in [1.54, 1.807) is 18.0 Å². The molecule has 1 amide bonds. The van der Waals surface area contributed by atoms with E-state index in [1.165, 1.54) is 24.3 Å². The fourth-order valence-electron chi connectivity index (χ4n) is 4.92. The second-order valence-corrected chi connectivity index (χ2v) is 12.8. The third-order valence-corrected chi connectivity index (χ3v) is 8.46. The number of anilines is 1. The number of rotatable bonds is 15. The Hall–Kier alpha value is -3.83. The van der Waals surface area contributed by atoms with Crippen LogP contribution in [-0.2, 0) is 14.8 Å². The Balaban J connectivity index is 2.01. The summed E-state index contributed by atoms with van der Waals surface area (Å²) < 4.78 is 35.3. The number of carbonyl (C=O) groups is 2. The van der Waals surface area contributed by atoms with Gasteiger partial charge in [-0.05, 0) is 55.9 Å². The molecule has 1 aromatic heterocycles. The second-order valence-electron chi connectivity index (χ2n) is 11.1. The lowest BCUT2D eigenvalue weighted by Crippen LogP contribution is -2.51. The van der Waals surface area contributed by atoms with Crippen molar-refractivity contribution in [3.8, 4) is 17.1 Å². The van der Waals surface area contributed by atoms with Gasteiger partial charge in [-0.15, -0.1) is 0 Å². The highest BCUT2D eigenvalue weighted by atomic mass is 32.2. The van der Waals surface area contributed by atoms with Crippen LogP contribution in [0.15, 0.2) is 53.4 Å². The van der Waals surface area contributed by atoms with Gasteiger partial charge in [-0.2, -0.15) is 4.98 Å². The molecule has 0 saturated heterocycles. The summed E-state index contributed by atoms with van der Waals surface area (Å²) in [6.07, 6.45) is 3.18. The summed E-state index contributed by atoms with van der Waals surface area (Å²) in [6.45, 7) is 12.6. The molecule has 0 unspecified atom stereocenters. The quantitative estimate of drug-likeness (QED) is 0.173. The zero-order chi connectivity index (χ0) is 31.7. The SMILES string of the molecule is CCCCN(C(C)=O)N(C)[C@@H](COc1cc(-c2c(C)cccc2C)nc(NS(=O)(=O)c2cccc(C=O)c2)n1)CC(C)C. The van der Waals surface area contributed by atoms with Gasteiger partial charge in [0.25, 0.3) is 10.0 Å². The standard InChI is InChI=1S/C32H43N5O5S/c1-8-9-16-37(25(6)39)36(7)27(17-22(2)3)21-42-30-19-29(31-23(4)12-10-13-24(31)5)33-32(34-30)35-43(40,41)28-15-11-14-26(18-28)20-38/h10-15,18-20,22,27H,8-9,16-17,21H2,1-7H3,(H,33,34,35)/t27-/m1/s1. The Morgan fingerprint density at radius 3 is 2.35 bits per heavy atom. The number of aldehydes is 1. The molecule has 2 aromatic carbocycles. The van der Waals surface area contributed by atoms with Crippen LogP contribution in [0.25, 0.3) is 11.3 Å². The lowest BCUT2D eigenvalue weighted by molar-refractivity contribution is -0.150. The fraction of sp³-hybridized carbons (Fsp3) is 0.438. The number of carbonyl (C=O) groups excluding carboxylic acids is 2. The van der Waals surface area contributed by atoms with Crippen LogP contribution in [-0.4, -0.2) is 66.8 Å². The number of unbranched alkanes of at least 4 members (excludes halogenated alkanes) is 1. The molecule has 3 rings (SSSR count). The molecule has 0 aliphatic rings. The molecule has 0 radical (unpaired) electrons. The number of aromatic nitrogens is 2. The maximum absolute atomic E-state index is 13.3. The van der Waals surface area contributed by atoms with Crippen molar-refractivity contribution in [2.75, 3.05) is 24.9 Å². The van der Waals surface area contributed by atoms with Crippen LogP contribution in [0.5, 0.6) is 5.88 Å². The highest BCUT2D eigenvalue weighted by Gasteiger charge is 2.25. The summed E-state index contributed by atoms with van der Waals surface area (Å²) in [5.41, 5.74) is 3.50. The van der Waals surface area contributed by atoms with Gasteiger partial charge in [0.2, 0.25) is 17.7 Å². The monoisotopic (exact) mass is 609 g/mol. The summed E-state index contributed by atoms with van der Waals surface area (Å²) in [6, 6.07) is 13.1. The molecule has 0 aliphatic heterocycles. The van der Waals surface area contributed by atoms with E-state index in [-0.39, 0.29) is 40.8 Å². The maximum Gasteiger partial charge on any atom is 0.264 e. The molecule has 3 aromatic rings. The Kier molecular flexibility index (Phi) is 11.8. The Bertz CT molecular complexity index is 1510. The molecule has 10 nitrogen and oxygen atoms in total. The third kappa shape index (κ3) is 9.08. The van der Waals surface area contributed by atoms with E-state index in [4.69, 9.17) is 4.74 Å². The van der Waals surface area contributed by atoms with Gasteiger partial charge >= 0.3 is 0 Å². The second kappa shape index (κ2) is 15.1. The minimum atomic E-state index is -4.11. The lowest BCUT2D eigenvalue weighted by Gasteiger charge is -2.37. The molecule has 0 spiro atoms. The number of benzene rings is 2. The van der Waals surface area contributed by atoms with E-state index in [2.05, 4.69) is 35.5 Å². The number of hydrazine groups is 1. The average Bonchev–Trinajstić information content (AvgIpc) is 2.94. The van der Waals surface area contributed by atoms with Crippen molar-refractivity contribution < 1.29 is 22.7 Å². The summed E-state index contributed by atoms with van der Waals surface area (Å²) in [5, 5.41) is 3.68. The number of aryl methyl sites for hydroxylation is 2. The molecule has 0 fully saturated rings. The van der Waals surface area contributed by atoms with E-state index in [1.807, 2.05) is 44.1 Å². The van der Waals surface area contributed by atoms with Crippen LogP contribution in [0.3, 0.4) is 0 Å². The van der Waals surface area contributed by atoms with Crippen LogP contribution < -0.4 is 9.46 Å². The molecular formula is C32H43N5O5S. The van der Waals surface area contributed by atoms with Crippen molar-refractivity contribution in [2.24, 2.45) is 5.92 Å². The van der Waals surface area contributed by atoms with Gasteiger partial charge in [-0.1, -0.05) is 57.5 Å². The number of hydrogen-bond acceptors (Lipinski definition) is 8. The number of nitrogens with zero attached hydrogens (tertiary/aromatic N) is 4. The van der Waals surface area contributed by atoms with Crippen LogP contribution in [0.4, 0.5) is 5.95 Å². The first-order chi connectivity index (χ1) is 20.4. The average molecular weight is 610 g/mol. The number of ether oxygens (including phenoxy) is 1. The molecule has 1 atom stereocenters. The Labute approximate surface area is 255 Å². The zero-order valence-electron chi connectivity index (χ0n) is 26.1. The summed E-state index contributed by atoms with van der Waals surface area (Å²) in [7, 11) is -2.22. The van der Waals surface area contributed by atoms with Crippen LogP contribution in [0.2, 0.25) is 0 Å². The molecule has 1 N–H and O–H groups in total. The van der Waals surface area contributed by atoms with Gasteiger partial charge < -0.3 is 4.74 Å². The first-order valence-electron chi connectivity index (χ1n) is 14.5. The molecule has 0 saturated carbocycles. The molecular weight excluding hydrogens is 566 g/mol. The van der Waals surface area contributed by atoms with E-state index >= 15 is 0 Å². The van der Waals surface area contributed by atoms with Crippen molar-refractivity contribution in [3.05, 3.63) is 65.2 Å². The van der Waals surface area contributed by atoms with E-state index in [0.717, 1.165) is 36.0 Å². The van der Waals surface area contributed by atoms with Crippen LogP contribution in [0, 0.1) is 19.8 Å². The first kappa shape index (κ1) is 33.7. The van der Waals surface area contributed by atoms with Crippen molar-refractivity contribution in [1.82, 2.24) is 20.0 Å². The van der Waals surface area contributed by atoms with Crippen LogP contribution >= 0.6 is 0 Å². The molecule has 0 bridgehead atoms. The van der Waals surface area contributed by atoms with Gasteiger partial charge in [-0.25, -0.2) is 23.1 Å². The normalized spacial score (nSPS) is 12.3. The number of hydrogen-bond donors (Lipinski definition) is 1. The minimum absolute atomic E-state index is 0.0422. The number of sulfonamides is 1. The maximum atomic E-state index is 13.3. The van der Waals surface area contributed by atoms with Crippen LogP contribution in [0.1, 0.15) is 68.4 Å². The number of likely N-dealkylation sites (N-methyl/N-ethyl adjacent to an activating group) is 1. The highest BCUT2D eigenvalue weighted by Crippen LogP contribution is 2.30. The van der Waals surface area contributed by atoms with E-state index in [0.29, 0.717) is 24.4 Å². The van der Waals surface area contributed by atoms with Gasteiger partial charge in [0.15, 0.2) is 0 Å². The Morgan fingerprint density at radius 2 is 1.74 bits per heavy atom. The molecule has 11 heteroatoms. The predicted octanol–water partition coefficient (Wildman–Crippen LogP) is 5.66.